The van der Waals surface area contributed by atoms with E-state index in [1.54, 1.807) is 6.92 Å². The summed E-state index contributed by atoms with van der Waals surface area (Å²) in [5.41, 5.74) is -0.0448. The van der Waals surface area contributed by atoms with Gasteiger partial charge in [-0.05, 0) is 25.5 Å². The van der Waals surface area contributed by atoms with Crippen LogP contribution in [0.3, 0.4) is 0 Å². The van der Waals surface area contributed by atoms with Crippen LogP contribution in [0, 0.1) is 18.6 Å². The van der Waals surface area contributed by atoms with E-state index in [1.807, 2.05) is 0 Å². The summed E-state index contributed by atoms with van der Waals surface area (Å²) in [5, 5.41) is -0.799. The van der Waals surface area contributed by atoms with Crippen molar-refractivity contribution in [1.82, 2.24) is 0 Å². The lowest BCUT2D eigenvalue weighted by molar-refractivity contribution is 0.108. The van der Waals surface area contributed by atoms with E-state index in [0.29, 0.717) is 5.56 Å². The molecule has 0 spiro atoms. The Kier molecular flexibility index (Phi) is 3.68. The van der Waals surface area contributed by atoms with Gasteiger partial charge in [0.2, 0.25) is 10.9 Å². The van der Waals surface area contributed by atoms with Crippen molar-refractivity contribution < 1.29 is 18.3 Å². The molecule has 0 saturated heterocycles. The molecule has 1 aromatic carbocycles. The first-order valence-electron chi connectivity index (χ1n) is 4.33. The van der Waals surface area contributed by atoms with E-state index >= 15 is 0 Å². The predicted molar refractivity (Wildman–Crippen MR) is 55.6 cm³/mol. The standard InChI is InChI=1S/C10H10F2O2S/c1-3-14-6-4-5(2)7(10(13)15)9(12)8(6)11/h4H,3H2,1-2H3,(H,13,15). The number of ether oxygens (including phenoxy) is 1. The molecule has 0 radical (unpaired) electrons. The Morgan fingerprint density at radius 1 is 1.47 bits per heavy atom. The summed E-state index contributed by atoms with van der Waals surface area (Å²) >= 11 is 3.47. The lowest BCUT2D eigenvalue weighted by Gasteiger charge is -2.09. The number of carbonyl (C=O) groups is 1. The fraction of sp³-hybridized carbons (Fsp3) is 0.300. The first kappa shape index (κ1) is 12.0. The number of rotatable bonds is 3. The third-order valence-electron chi connectivity index (χ3n) is 1.88. The minimum Gasteiger partial charge on any atom is -0.491 e. The van der Waals surface area contributed by atoms with Gasteiger partial charge in [-0.15, -0.1) is 12.6 Å². The molecule has 0 bridgehead atoms. The van der Waals surface area contributed by atoms with Crippen molar-refractivity contribution in [2.24, 2.45) is 0 Å². The zero-order valence-corrected chi connectivity index (χ0v) is 9.20. The summed E-state index contributed by atoms with van der Waals surface area (Å²) in [5.74, 6) is -2.55. The molecule has 0 aliphatic heterocycles. The van der Waals surface area contributed by atoms with Crippen molar-refractivity contribution in [2.75, 3.05) is 6.61 Å². The molecule has 0 unspecified atom stereocenters. The quantitative estimate of drug-likeness (QED) is 0.811. The Hall–Kier alpha value is -1.10. The molecular formula is C10H10F2O2S. The van der Waals surface area contributed by atoms with Crippen molar-refractivity contribution in [3.05, 3.63) is 28.8 Å². The number of hydrogen-bond donors (Lipinski definition) is 1. The zero-order valence-electron chi connectivity index (χ0n) is 8.30. The predicted octanol–water partition coefficient (Wildman–Crippen LogP) is 2.74. The lowest BCUT2D eigenvalue weighted by atomic mass is 10.1. The number of aryl methyl sites for hydroxylation is 1. The molecule has 5 heteroatoms. The van der Waals surface area contributed by atoms with Crippen molar-refractivity contribution in [3.63, 3.8) is 0 Å². The topological polar surface area (TPSA) is 26.3 Å². The van der Waals surface area contributed by atoms with Crippen LogP contribution in [0.15, 0.2) is 6.07 Å². The monoisotopic (exact) mass is 232 g/mol. The molecule has 0 aliphatic rings. The molecule has 15 heavy (non-hydrogen) atoms. The second-order valence-electron chi connectivity index (χ2n) is 2.93. The molecule has 1 aromatic rings. The number of hydrogen-bond acceptors (Lipinski definition) is 2. The van der Waals surface area contributed by atoms with E-state index < -0.39 is 16.7 Å². The minimum absolute atomic E-state index is 0.189. The third-order valence-corrected chi connectivity index (χ3v) is 2.11. The maximum Gasteiger partial charge on any atom is 0.219 e. The Balaban J connectivity index is 3.37. The van der Waals surface area contributed by atoms with Gasteiger partial charge in [0, 0.05) is 0 Å². The third kappa shape index (κ3) is 2.28. The molecular weight excluding hydrogens is 222 g/mol. The van der Waals surface area contributed by atoms with Crippen LogP contribution >= 0.6 is 12.6 Å². The average molecular weight is 232 g/mol. The average Bonchev–Trinajstić information content (AvgIpc) is 2.13. The maximum absolute atomic E-state index is 13.4. The maximum atomic E-state index is 13.4. The fourth-order valence-corrected chi connectivity index (χ4v) is 1.52. The van der Waals surface area contributed by atoms with Crippen LogP contribution in [0.5, 0.6) is 5.75 Å². The van der Waals surface area contributed by atoms with Crippen molar-refractivity contribution in [3.8, 4) is 5.75 Å². The number of benzene rings is 1. The summed E-state index contributed by atoms with van der Waals surface area (Å²) in [6.07, 6.45) is 0. The molecule has 0 heterocycles. The first-order valence-corrected chi connectivity index (χ1v) is 4.78. The van der Waals surface area contributed by atoms with Gasteiger partial charge in [0.1, 0.15) is 0 Å². The fourth-order valence-electron chi connectivity index (χ4n) is 1.25. The second-order valence-corrected chi connectivity index (χ2v) is 3.34. The van der Waals surface area contributed by atoms with E-state index in [9.17, 15) is 13.6 Å². The van der Waals surface area contributed by atoms with Crippen LogP contribution in [-0.4, -0.2) is 11.7 Å². The molecule has 82 valence electrons. The van der Waals surface area contributed by atoms with E-state index in [2.05, 4.69) is 12.6 Å². The smallest absolute Gasteiger partial charge is 0.219 e. The summed E-state index contributed by atoms with van der Waals surface area (Å²) in [6.45, 7) is 3.38. The van der Waals surface area contributed by atoms with Gasteiger partial charge in [0.25, 0.3) is 0 Å². The van der Waals surface area contributed by atoms with Gasteiger partial charge >= 0.3 is 0 Å². The molecule has 0 N–H and O–H groups in total. The van der Waals surface area contributed by atoms with Gasteiger partial charge in [-0.3, -0.25) is 4.79 Å². The van der Waals surface area contributed by atoms with Gasteiger partial charge < -0.3 is 4.74 Å². The Morgan fingerprint density at radius 3 is 2.53 bits per heavy atom. The van der Waals surface area contributed by atoms with Gasteiger partial charge in [-0.2, -0.15) is 4.39 Å². The van der Waals surface area contributed by atoms with Crippen molar-refractivity contribution >= 4 is 17.7 Å². The molecule has 0 atom stereocenters. The summed E-state index contributed by atoms with van der Waals surface area (Å²) in [7, 11) is 0. The van der Waals surface area contributed by atoms with Crippen LogP contribution in [-0.2, 0) is 0 Å². The van der Waals surface area contributed by atoms with Gasteiger partial charge in [0.05, 0.1) is 12.2 Å². The summed E-state index contributed by atoms with van der Waals surface area (Å²) in [6, 6.07) is 1.28. The molecule has 0 aliphatic carbocycles. The largest absolute Gasteiger partial charge is 0.491 e. The first-order chi connectivity index (χ1) is 6.99. The van der Waals surface area contributed by atoms with Gasteiger partial charge in [0.15, 0.2) is 11.6 Å². The second kappa shape index (κ2) is 4.61. The SMILES string of the molecule is CCOc1cc(C)c(C(=O)S)c(F)c1F. The molecule has 2 nitrogen and oxygen atoms in total. The highest BCUT2D eigenvalue weighted by atomic mass is 32.1. The van der Waals surface area contributed by atoms with E-state index in [4.69, 9.17) is 4.74 Å². The number of thiol groups is 1. The molecule has 0 amide bonds. The molecule has 0 saturated carbocycles. The molecule has 0 fully saturated rings. The minimum atomic E-state index is -1.21. The zero-order chi connectivity index (χ0) is 11.6. The van der Waals surface area contributed by atoms with Crippen LogP contribution in [0.1, 0.15) is 22.8 Å². The van der Waals surface area contributed by atoms with Gasteiger partial charge in [-0.1, -0.05) is 0 Å². The highest BCUT2D eigenvalue weighted by Crippen LogP contribution is 2.27. The summed E-state index contributed by atoms with van der Waals surface area (Å²) in [4.78, 5) is 10.9. The highest BCUT2D eigenvalue weighted by Gasteiger charge is 2.20. The lowest BCUT2D eigenvalue weighted by Crippen LogP contribution is -2.05. The van der Waals surface area contributed by atoms with E-state index in [1.165, 1.54) is 13.0 Å². The summed E-state index contributed by atoms with van der Waals surface area (Å²) < 4.78 is 31.6. The Labute approximate surface area is 91.7 Å². The highest BCUT2D eigenvalue weighted by molar-refractivity contribution is 7.97. The van der Waals surface area contributed by atoms with Crippen LogP contribution in [0.2, 0.25) is 0 Å². The number of halogens is 2. The Morgan fingerprint density at radius 2 is 2.07 bits per heavy atom. The molecule has 0 aromatic heterocycles. The van der Waals surface area contributed by atoms with Crippen LogP contribution < -0.4 is 4.74 Å². The van der Waals surface area contributed by atoms with Crippen molar-refractivity contribution in [2.45, 2.75) is 13.8 Å². The normalized spacial score (nSPS) is 10.2. The van der Waals surface area contributed by atoms with Crippen LogP contribution in [0.25, 0.3) is 0 Å². The molecule has 1 rings (SSSR count). The van der Waals surface area contributed by atoms with E-state index in [-0.39, 0.29) is 17.9 Å². The number of carbonyl (C=O) groups excluding carboxylic acids is 1. The van der Waals surface area contributed by atoms with E-state index in [0.717, 1.165) is 0 Å². The Bertz CT molecular complexity index is 405. The van der Waals surface area contributed by atoms with Gasteiger partial charge in [-0.25, -0.2) is 4.39 Å². The van der Waals surface area contributed by atoms with Crippen LogP contribution in [0.4, 0.5) is 8.78 Å². The van der Waals surface area contributed by atoms with Crippen molar-refractivity contribution in [1.29, 1.82) is 0 Å².